The van der Waals surface area contributed by atoms with Gasteiger partial charge in [-0.05, 0) is 37.6 Å². The van der Waals surface area contributed by atoms with Crippen molar-refractivity contribution in [3.05, 3.63) is 59.7 Å². The molecule has 2 aromatic carbocycles. The van der Waals surface area contributed by atoms with E-state index in [1.54, 1.807) is 11.8 Å². The van der Waals surface area contributed by atoms with Crippen LogP contribution in [0.1, 0.15) is 24.1 Å². The molecule has 0 spiro atoms. The molecule has 0 unspecified atom stereocenters. The lowest BCUT2D eigenvalue weighted by Crippen LogP contribution is -2.05. The monoisotopic (exact) mass is 243 g/mol. The standard InChI is InChI=1S/C15H17NS/c1-11-6-5-7-13(10-11)17-15-9-4-3-8-14(15)12(2)16/h3-10,12H,16H2,1-2H3/t12-/m0/s1. The van der Waals surface area contributed by atoms with E-state index in [-0.39, 0.29) is 6.04 Å². The summed E-state index contributed by atoms with van der Waals surface area (Å²) in [5, 5.41) is 0. The van der Waals surface area contributed by atoms with Crippen molar-refractivity contribution in [3.8, 4) is 0 Å². The summed E-state index contributed by atoms with van der Waals surface area (Å²) in [6.45, 7) is 4.14. The summed E-state index contributed by atoms with van der Waals surface area (Å²) in [5.41, 5.74) is 8.48. The zero-order valence-electron chi connectivity index (χ0n) is 10.2. The van der Waals surface area contributed by atoms with Crippen molar-refractivity contribution >= 4 is 11.8 Å². The van der Waals surface area contributed by atoms with Gasteiger partial charge < -0.3 is 5.73 Å². The average molecular weight is 243 g/mol. The third-order valence-corrected chi connectivity index (χ3v) is 3.71. The van der Waals surface area contributed by atoms with Crippen LogP contribution in [-0.4, -0.2) is 0 Å². The van der Waals surface area contributed by atoms with Crippen molar-refractivity contribution in [1.82, 2.24) is 0 Å². The van der Waals surface area contributed by atoms with Crippen LogP contribution in [0.25, 0.3) is 0 Å². The van der Waals surface area contributed by atoms with Crippen molar-refractivity contribution in [1.29, 1.82) is 0 Å². The van der Waals surface area contributed by atoms with Crippen molar-refractivity contribution in [2.75, 3.05) is 0 Å². The highest BCUT2D eigenvalue weighted by Gasteiger charge is 2.07. The minimum atomic E-state index is 0.0727. The highest BCUT2D eigenvalue weighted by Crippen LogP contribution is 2.32. The van der Waals surface area contributed by atoms with Crippen LogP contribution >= 0.6 is 11.8 Å². The van der Waals surface area contributed by atoms with E-state index in [0.29, 0.717) is 0 Å². The number of nitrogens with two attached hydrogens (primary N) is 1. The summed E-state index contributed by atoms with van der Waals surface area (Å²) in [7, 11) is 0. The molecule has 2 N–H and O–H groups in total. The van der Waals surface area contributed by atoms with E-state index in [2.05, 4.69) is 49.4 Å². The van der Waals surface area contributed by atoms with Crippen LogP contribution in [-0.2, 0) is 0 Å². The lowest BCUT2D eigenvalue weighted by atomic mass is 10.1. The molecule has 0 saturated carbocycles. The summed E-state index contributed by atoms with van der Waals surface area (Å²) in [6, 6.07) is 16.9. The largest absolute Gasteiger partial charge is 0.324 e. The van der Waals surface area contributed by atoms with Gasteiger partial charge in [-0.1, -0.05) is 47.7 Å². The Balaban J connectivity index is 2.30. The molecule has 2 aromatic rings. The lowest BCUT2D eigenvalue weighted by molar-refractivity contribution is 0.797. The molecule has 0 aliphatic carbocycles. The Morgan fingerprint density at radius 2 is 1.82 bits per heavy atom. The Bertz CT molecular complexity index is 506. The van der Waals surface area contributed by atoms with Crippen LogP contribution in [0.3, 0.4) is 0 Å². The lowest BCUT2D eigenvalue weighted by Gasteiger charge is -2.12. The van der Waals surface area contributed by atoms with Crippen LogP contribution in [0.2, 0.25) is 0 Å². The molecule has 0 fully saturated rings. The first-order valence-electron chi connectivity index (χ1n) is 5.76. The topological polar surface area (TPSA) is 26.0 Å². The summed E-state index contributed by atoms with van der Waals surface area (Å²) in [5.74, 6) is 0. The zero-order valence-corrected chi connectivity index (χ0v) is 11.0. The third-order valence-electron chi connectivity index (χ3n) is 2.63. The number of benzene rings is 2. The number of rotatable bonds is 3. The summed E-state index contributed by atoms with van der Waals surface area (Å²) >= 11 is 1.78. The van der Waals surface area contributed by atoms with E-state index in [4.69, 9.17) is 5.73 Å². The average Bonchev–Trinajstić information content (AvgIpc) is 2.29. The van der Waals surface area contributed by atoms with Gasteiger partial charge in [-0.3, -0.25) is 0 Å². The molecule has 1 nitrogen and oxygen atoms in total. The molecule has 0 aliphatic rings. The van der Waals surface area contributed by atoms with Gasteiger partial charge in [0.15, 0.2) is 0 Å². The molecular formula is C15H17NS. The maximum Gasteiger partial charge on any atom is 0.0277 e. The van der Waals surface area contributed by atoms with Gasteiger partial charge >= 0.3 is 0 Å². The van der Waals surface area contributed by atoms with E-state index in [9.17, 15) is 0 Å². The van der Waals surface area contributed by atoms with E-state index in [1.807, 2.05) is 13.0 Å². The molecule has 0 bridgehead atoms. The second-order valence-corrected chi connectivity index (χ2v) is 5.36. The number of hydrogen-bond acceptors (Lipinski definition) is 2. The molecular weight excluding hydrogens is 226 g/mol. The van der Waals surface area contributed by atoms with Crippen LogP contribution in [0.4, 0.5) is 0 Å². The van der Waals surface area contributed by atoms with Crippen LogP contribution in [0, 0.1) is 6.92 Å². The van der Waals surface area contributed by atoms with E-state index in [1.165, 1.54) is 20.9 Å². The summed E-state index contributed by atoms with van der Waals surface area (Å²) in [4.78, 5) is 2.51. The van der Waals surface area contributed by atoms with Crippen molar-refractivity contribution in [3.63, 3.8) is 0 Å². The maximum absolute atomic E-state index is 5.98. The number of hydrogen-bond donors (Lipinski definition) is 1. The summed E-state index contributed by atoms with van der Waals surface area (Å²) < 4.78 is 0. The molecule has 1 atom stereocenters. The molecule has 2 rings (SSSR count). The van der Waals surface area contributed by atoms with Crippen LogP contribution < -0.4 is 5.73 Å². The first-order chi connectivity index (χ1) is 8.16. The van der Waals surface area contributed by atoms with E-state index < -0.39 is 0 Å². The second-order valence-electron chi connectivity index (χ2n) is 4.25. The minimum absolute atomic E-state index is 0.0727. The minimum Gasteiger partial charge on any atom is -0.324 e. The van der Waals surface area contributed by atoms with Crippen molar-refractivity contribution in [2.24, 2.45) is 5.73 Å². The predicted molar refractivity (Wildman–Crippen MR) is 74.3 cm³/mol. The Hall–Kier alpha value is -1.25. The van der Waals surface area contributed by atoms with Crippen LogP contribution in [0.5, 0.6) is 0 Å². The van der Waals surface area contributed by atoms with E-state index >= 15 is 0 Å². The fourth-order valence-corrected chi connectivity index (χ4v) is 2.92. The molecule has 0 amide bonds. The molecule has 17 heavy (non-hydrogen) atoms. The van der Waals surface area contributed by atoms with Gasteiger partial charge in [-0.2, -0.15) is 0 Å². The molecule has 0 aliphatic heterocycles. The fraction of sp³-hybridized carbons (Fsp3) is 0.200. The van der Waals surface area contributed by atoms with Gasteiger partial charge in [-0.15, -0.1) is 0 Å². The quantitative estimate of drug-likeness (QED) is 0.875. The summed E-state index contributed by atoms with van der Waals surface area (Å²) in [6.07, 6.45) is 0. The molecule has 0 aromatic heterocycles. The SMILES string of the molecule is Cc1cccc(Sc2ccccc2[C@H](C)N)c1. The normalized spacial score (nSPS) is 12.4. The van der Waals surface area contributed by atoms with Crippen molar-refractivity contribution in [2.45, 2.75) is 29.7 Å². The highest BCUT2D eigenvalue weighted by atomic mass is 32.2. The first kappa shape index (κ1) is 12.2. The molecule has 88 valence electrons. The highest BCUT2D eigenvalue weighted by molar-refractivity contribution is 7.99. The van der Waals surface area contributed by atoms with Gasteiger partial charge in [-0.25, -0.2) is 0 Å². The third kappa shape index (κ3) is 3.11. The van der Waals surface area contributed by atoms with Crippen LogP contribution in [0.15, 0.2) is 58.3 Å². The number of aryl methyl sites for hydroxylation is 1. The maximum atomic E-state index is 5.98. The molecule has 0 heterocycles. The van der Waals surface area contributed by atoms with Gasteiger partial charge in [0.1, 0.15) is 0 Å². The first-order valence-corrected chi connectivity index (χ1v) is 6.57. The fourth-order valence-electron chi connectivity index (χ4n) is 1.76. The van der Waals surface area contributed by atoms with Gasteiger partial charge in [0.05, 0.1) is 0 Å². The Morgan fingerprint density at radius 1 is 1.06 bits per heavy atom. The zero-order chi connectivity index (χ0) is 12.3. The predicted octanol–water partition coefficient (Wildman–Crippen LogP) is 4.17. The Kier molecular flexibility index (Phi) is 3.87. The Labute approximate surface area is 107 Å². The molecule has 0 saturated heterocycles. The molecule has 0 radical (unpaired) electrons. The molecule has 2 heteroatoms. The van der Waals surface area contributed by atoms with Gasteiger partial charge in [0.25, 0.3) is 0 Å². The second kappa shape index (κ2) is 5.39. The Morgan fingerprint density at radius 3 is 2.53 bits per heavy atom. The smallest absolute Gasteiger partial charge is 0.0277 e. The van der Waals surface area contributed by atoms with Crippen molar-refractivity contribution < 1.29 is 0 Å². The van der Waals surface area contributed by atoms with Gasteiger partial charge in [0, 0.05) is 15.8 Å². The van der Waals surface area contributed by atoms with E-state index in [0.717, 1.165) is 0 Å². The van der Waals surface area contributed by atoms with Gasteiger partial charge in [0.2, 0.25) is 0 Å².